The molecule has 0 atom stereocenters. The van der Waals surface area contributed by atoms with Gasteiger partial charge in [0.2, 0.25) is 0 Å². The second kappa shape index (κ2) is 7.15. The Morgan fingerprint density at radius 2 is 1.57 bits per heavy atom. The normalized spacial score (nSPS) is 10.8. The Hall–Kier alpha value is -2.54. The van der Waals surface area contributed by atoms with Crippen LogP contribution in [-0.2, 0) is 12.6 Å². The summed E-state index contributed by atoms with van der Waals surface area (Å²) < 4.78 is 50.9. The van der Waals surface area contributed by atoms with Gasteiger partial charge in [-0.2, -0.15) is 13.2 Å². The van der Waals surface area contributed by atoms with Crippen molar-refractivity contribution < 1.29 is 17.6 Å². The third-order valence-electron chi connectivity index (χ3n) is 3.22. The zero-order valence-electron chi connectivity index (χ0n) is 12.3. The summed E-state index contributed by atoms with van der Waals surface area (Å²) in [6.07, 6.45) is -1.08. The van der Waals surface area contributed by atoms with E-state index in [1.54, 1.807) is 0 Å². The highest BCUT2D eigenvalue weighted by Crippen LogP contribution is 2.31. The molecule has 2 aromatic rings. The average molecular weight is 318 g/mol. The predicted molar refractivity (Wildman–Crippen MR) is 82.3 cm³/mol. The molecule has 23 heavy (non-hydrogen) atoms. The Balaban J connectivity index is 2.15. The van der Waals surface area contributed by atoms with Crippen molar-refractivity contribution in [3.63, 3.8) is 0 Å². The van der Waals surface area contributed by atoms with Crippen molar-refractivity contribution in [3.05, 3.63) is 83.2 Å². The first-order valence-corrected chi connectivity index (χ1v) is 6.99. The van der Waals surface area contributed by atoms with Crippen LogP contribution in [0, 0.1) is 17.7 Å². The van der Waals surface area contributed by atoms with Crippen LogP contribution < -0.4 is 0 Å². The van der Waals surface area contributed by atoms with Gasteiger partial charge in [0.15, 0.2) is 0 Å². The van der Waals surface area contributed by atoms with Gasteiger partial charge in [-0.3, -0.25) is 0 Å². The van der Waals surface area contributed by atoms with Crippen LogP contribution in [0.4, 0.5) is 17.6 Å². The van der Waals surface area contributed by atoms with Crippen molar-refractivity contribution in [2.24, 2.45) is 0 Å². The fraction of sp³-hybridized carbons (Fsp3) is 0.158. The Kier molecular flexibility index (Phi) is 5.23. The van der Waals surface area contributed by atoms with Crippen LogP contribution in [0.5, 0.6) is 0 Å². The first-order valence-electron chi connectivity index (χ1n) is 6.99. The number of alkyl halides is 3. The minimum Gasteiger partial charge on any atom is -0.206 e. The average Bonchev–Trinajstić information content (AvgIpc) is 2.50. The summed E-state index contributed by atoms with van der Waals surface area (Å²) >= 11 is 0. The summed E-state index contributed by atoms with van der Waals surface area (Å²) in [6, 6.07) is 10.2. The molecule has 0 heterocycles. The van der Waals surface area contributed by atoms with Crippen molar-refractivity contribution in [2.75, 3.05) is 0 Å². The molecule has 0 saturated heterocycles. The van der Waals surface area contributed by atoms with E-state index in [1.807, 2.05) is 30.3 Å². The fourth-order valence-electron chi connectivity index (χ4n) is 1.99. The van der Waals surface area contributed by atoms with Gasteiger partial charge < -0.3 is 0 Å². The van der Waals surface area contributed by atoms with E-state index in [4.69, 9.17) is 0 Å². The maximum atomic E-state index is 13.4. The van der Waals surface area contributed by atoms with E-state index >= 15 is 0 Å². The second-order valence-corrected chi connectivity index (χ2v) is 4.97. The summed E-state index contributed by atoms with van der Waals surface area (Å²) in [5, 5.41) is 0. The first kappa shape index (κ1) is 16.8. The molecule has 0 aromatic heterocycles. The van der Waals surface area contributed by atoms with Gasteiger partial charge in [-0.1, -0.05) is 30.0 Å². The fourth-order valence-corrected chi connectivity index (χ4v) is 1.99. The smallest absolute Gasteiger partial charge is 0.206 e. The summed E-state index contributed by atoms with van der Waals surface area (Å²) in [5.41, 5.74) is 0.782. The largest absolute Gasteiger partial charge is 0.419 e. The highest BCUT2D eigenvalue weighted by Gasteiger charge is 2.33. The highest BCUT2D eigenvalue weighted by molar-refractivity contribution is 5.44. The van der Waals surface area contributed by atoms with Crippen LogP contribution in [0.25, 0.3) is 0 Å². The lowest BCUT2D eigenvalue weighted by Gasteiger charge is -2.07. The third kappa shape index (κ3) is 4.72. The Bertz CT molecular complexity index is 744. The second-order valence-electron chi connectivity index (χ2n) is 4.97. The minimum atomic E-state index is -4.70. The van der Waals surface area contributed by atoms with Crippen molar-refractivity contribution in [1.82, 2.24) is 0 Å². The summed E-state index contributed by atoms with van der Waals surface area (Å²) in [6.45, 7) is 3.66. The molecule has 0 aliphatic carbocycles. The van der Waals surface area contributed by atoms with E-state index in [9.17, 15) is 17.6 Å². The molecule has 0 nitrogen and oxygen atoms in total. The van der Waals surface area contributed by atoms with E-state index in [2.05, 4.69) is 18.4 Å². The lowest BCUT2D eigenvalue weighted by Crippen LogP contribution is -2.07. The molecule has 0 spiro atoms. The molecule has 0 aliphatic rings. The topological polar surface area (TPSA) is 0 Å². The maximum Gasteiger partial charge on any atom is 0.419 e. The molecule has 4 heteroatoms. The van der Waals surface area contributed by atoms with Gasteiger partial charge in [-0.15, -0.1) is 6.58 Å². The lowest BCUT2D eigenvalue weighted by molar-refractivity contribution is -0.140. The van der Waals surface area contributed by atoms with Gasteiger partial charge >= 0.3 is 6.18 Å². The number of benzene rings is 2. The van der Waals surface area contributed by atoms with Gasteiger partial charge in [0.1, 0.15) is 5.82 Å². The summed E-state index contributed by atoms with van der Waals surface area (Å²) in [7, 11) is 0. The quantitative estimate of drug-likeness (QED) is 0.406. The van der Waals surface area contributed by atoms with Gasteiger partial charge in [-0.25, -0.2) is 4.39 Å². The Labute approximate surface area is 132 Å². The molecule has 0 bridgehead atoms. The third-order valence-corrected chi connectivity index (χ3v) is 3.22. The van der Waals surface area contributed by atoms with Crippen LogP contribution in [-0.4, -0.2) is 0 Å². The number of rotatable bonds is 3. The predicted octanol–water partition coefficient (Wildman–Crippen LogP) is 5.36. The first-order chi connectivity index (χ1) is 10.9. The SMILES string of the molecule is C=CCCc1ccc(C#Cc2ccc(C(F)(F)F)c(F)c2)cc1. The summed E-state index contributed by atoms with van der Waals surface area (Å²) in [5.74, 6) is 4.17. The lowest BCUT2D eigenvalue weighted by atomic mass is 10.1. The molecule has 118 valence electrons. The molecule has 2 rings (SSSR count). The number of hydrogen-bond donors (Lipinski definition) is 0. The maximum absolute atomic E-state index is 13.4. The number of allylic oxidation sites excluding steroid dienone is 1. The molecule has 0 amide bonds. The van der Waals surface area contributed by atoms with E-state index in [0.29, 0.717) is 11.6 Å². The van der Waals surface area contributed by atoms with E-state index in [-0.39, 0.29) is 5.56 Å². The molecular formula is C19H14F4. The molecule has 0 radical (unpaired) electrons. The van der Waals surface area contributed by atoms with Crippen LogP contribution in [0.1, 0.15) is 28.7 Å². The van der Waals surface area contributed by atoms with Gasteiger partial charge in [0, 0.05) is 11.1 Å². The standard InChI is InChI=1S/C19H14F4/c1-2-3-4-14-5-7-15(8-6-14)9-10-16-11-12-17(18(20)13-16)19(21,22)23/h2,5-8,11-13H,1,3-4H2. The van der Waals surface area contributed by atoms with E-state index < -0.39 is 17.6 Å². The van der Waals surface area contributed by atoms with Crippen molar-refractivity contribution in [3.8, 4) is 11.8 Å². The van der Waals surface area contributed by atoms with Crippen molar-refractivity contribution >= 4 is 0 Å². The molecule has 0 saturated carbocycles. The molecule has 0 unspecified atom stereocenters. The molecule has 0 aliphatic heterocycles. The summed E-state index contributed by atoms with van der Waals surface area (Å²) in [4.78, 5) is 0. The van der Waals surface area contributed by atoms with Crippen LogP contribution in [0.15, 0.2) is 55.1 Å². The highest BCUT2D eigenvalue weighted by atomic mass is 19.4. The van der Waals surface area contributed by atoms with Gasteiger partial charge in [0.25, 0.3) is 0 Å². The zero-order chi connectivity index (χ0) is 16.9. The molecule has 2 aromatic carbocycles. The van der Waals surface area contributed by atoms with Gasteiger partial charge in [0.05, 0.1) is 5.56 Å². The van der Waals surface area contributed by atoms with Crippen LogP contribution in [0.3, 0.4) is 0 Å². The van der Waals surface area contributed by atoms with E-state index in [0.717, 1.165) is 30.5 Å². The van der Waals surface area contributed by atoms with Crippen LogP contribution >= 0.6 is 0 Å². The van der Waals surface area contributed by atoms with E-state index in [1.165, 1.54) is 0 Å². The minimum absolute atomic E-state index is 0.200. The Morgan fingerprint density at radius 1 is 0.957 bits per heavy atom. The molecular weight excluding hydrogens is 304 g/mol. The number of hydrogen-bond acceptors (Lipinski definition) is 0. The zero-order valence-corrected chi connectivity index (χ0v) is 12.3. The monoisotopic (exact) mass is 318 g/mol. The Morgan fingerprint density at radius 3 is 2.13 bits per heavy atom. The molecule has 0 fully saturated rings. The van der Waals surface area contributed by atoms with Crippen molar-refractivity contribution in [2.45, 2.75) is 19.0 Å². The van der Waals surface area contributed by atoms with Crippen molar-refractivity contribution in [1.29, 1.82) is 0 Å². The number of halogens is 4. The molecule has 0 N–H and O–H groups in total. The van der Waals surface area contributed by atoms with Gasteiger partial charge in [-0.05, 0) is 48.7 Å². The number of aryl methyl sites for hydroxylation is 1. The van der Waals surface area contributed by atoms with Crippen LogP contribution in [0.2, 0.25) is 0 Å².